The first-order chi connectivity index (χ1) is 8.33. The molecule has 0 bridgehead atoms. The molecule has 0 N–H and O–H groups in total. The molecule has 0 radical (unpaired) electrons. The summed E-state index contributed by atoms with van der Waals surface area (Å²) in [6.07, 6.45) is 1.84. The Hall–Kier alpha value is -2.16. The molecule has 0 amide bonds. The van der Waals surface area contributed by atoms with Gasteiger partial charge in [-0.3, -0.25) is 5.01 Å². The molecule has 0 saturated heterocycles. The van der Waals surface area contributed by atoms with Gasteiger partial charge in [0.1, 0.15) is 5.82 Å². The number of nitrogens with zero attached hydrogens (tertiary/aromatic N) is 2. The van der Waals surface area contributed by atoms with Crippen LogP contribution >= 0.6 is 0 Å². The van der Waals surface area contributed by atoms with Gasteiger partial charge in [-0.15, -0.1) is 0 Å². The zero-order chi connectivity index (χ0) is 11.7. The predicted molar refractivity (Wildman–Crippen MR) is 66.6 cm³/mol. The minimum Gasteiger partial charge on any atom is -0.261 e. The van der Waals surface area contributed by atoms with Crippen LogP contribution in [0.25, 0.3) is 0 Å². The van der Waals surface area contributed by atoms with E-state index in [1.165, 1.54) is 17.7 Å². The predicted octanol–water partition coefficient (Wildman–Crippen LogP) is 3.18. The number of hydrogen-bond donors (Lipinski definition) is 0. The van der Waals surface area contributed by atoms with Gasteiger partial charge in [-0.25, -0.2) is 4.39 Å². The first-order valence-corrected chi connectivity index (χ1v) is 5.48. The van der Waals surface area contributed by atoms with E-state index < -0.39 is 0 Å². The van der Waals surface area contributed by atoms with E-state index in [1.807, 2.05) is 29.4 Å². The van der Waals surface area contributed by atoms with Crippen LogP contribution < -0.4 is 5.01 Å². The van der Waals surface area contributed by atoms with Crippen molar-refractivity contribution in [3.8, 4) is 0 Å². The van der Waals surface area contributed by atoms with Crippen molar-refractivity contribution in [2.24, 2.45) is 5.10 Å². The van der Waals surface area contributed by atoms with Crippen LogP contribution in [0.1, 0.15) is 11.1 Å². The standard InChI is InChI=1S/C14H11FN2/c15-13-5-7-14(8-6-13)17-10-12-4-2-1-3-11(12)9-16-17/h1-9H,10H2. The maximum atomic E-state index is 12.8. The fourth-order valence-electron chi connectivity index (χ4n) is 1.91. The Morgan fingerprint density at radius 2 is 1.76 bits per heavy atom. The van der Waals surface area contributed by atoms with E-state index in [2.05, 4.69) is 11.2 Å². The zero-order valence-electron chi connectivity index (χ0n) is 9.18. The van der Waals surface area contributed by atoms with Crippen molar-refractivity contribution in [2.75, 3.05) is 5.01 Å². The number of halogens is 1. The van der Waals surface area contributed by atoms with Gasteiger partial charge in [0, 0.05) is 0 Å². The highest BCUT2D eigenvalue weighted by Gasteiger charge is 2.12. The van der Waals surface area contributed by atoms with E-state index in [-0.39, 0.29) is 5.82 Å². The van der Waals surface area contributed by atoms with Crippen LogP contribution in [0.5, 0.6) is 0 Å². The third-order valence-corrected chi connectivity index (χ3v) is 2.84. The largest absolute Gasteiger partial charge is 0.261 e. The summed E-state index contributed by atoms with van der Waals surface area (Å²) in [5.41, 5.74) is 3.27. The zero-order valence-corrected chi connectivity index (χ0v) is 9.18. The van der Waals surface area contributed by atoms with Crippen molar-refractivity contribution in [3.63, 3.8) is 0 Å². The average Bonchev–Trinajstić information content (AvgIpc) is 2.39. The van der Waals surface area contributed by atoms with E-state index in [4.69, 9.17) is 0 Å². The van der Waals surface area contributed by atoms with Gasteiger partial charge in [-0.05, 0) is 35.4 Å². The van der Waals surface area contributed by atoms with Crippen LogP contribution in [0, 0.1) is 5.82 Å². The molecule has 17 heavy (non-hydrogen) atoms. The second kappa shape index (κ2) is 4.01. The molecule has 1 heterocycles. The van der Waals surface area contributed by atoms with Gasteiger partial charge in [0.05, 0.1) is 18.4 Å². The van der Waals surface area contributed by atoms with Crippen LogP contribution in [0.2, 0.25) is 0 Å². The van der Waals surface area contributed by atoms with Crippen LogP contribution in [0.4, 0.5) is 10.1 Å². The van der Waals surface area contributed by atoms with E-state index in [0.717, 1.165) is 17.8 Å². The molecular formula is C14H11FN2. The van der Waals surface area contributed by atoms with Gasteiger partial charge < -0.3 is 0 Å². The van der Waals surface area contributed by atoms with Gasteiger partial charge in [0.2, 0.25) is 0 Å². The Balaban J connectivity index is 1.92. The Morgan fingerprint density at radius 3 is 2.59 bits per heavy atom. The summed E-state index contributed by atoms with van der Waals surface area (Å²) >= 11 is 0. The number of anilines is 1. The van der Waals surface area contributed by atoms with Gasteiger partial charge >= 0.3 is 0 Å². The van der Waals surface area contributed by atoms with Crippen LogP contribution in [0.3, 0.4) is 0 Å². The van der Waals surface area contributed by atoms with Crippen molar-refractivity contribution in [3.05, 3.63) is 65.5 Å². The maximum absolute atomic E-state index is 12.8. The quantitative estimate of drug-likeness (QED) is 0.729. The molecule has 1 aliphatic rings. The molecule has 0 fully saturated rings. The van der Waals surface area contributed by atoms with Crippen molar-refractivity contribution in [1.82, 2.24) is 0 Å². The second-order valence-corrected chi connectivity index (χ2v) is 3.98. The molecule has 2 aromatic carbocycles. The van der Waals surface area contributed by atoms with Crippen molar-refractivity contribution in [1.29, 1.82) is 0 Å². The van der Waals surface area contributed by atoms with Gasteiger partial charge in [0.15, 0.2) is 0 Å². The number of rotatable bonds is 1. The van der Waals surface area contributed by atoms with E-state index in [0.29, 0.717) is 0 Å². The number of fused-ring (bicyclic) bond motifs is 1. The molecule has 2 aromatic rings. The Morgan fingerprint density at radius 1 is 1.00 bits per heavy atom. The van der Waals surface area contributed by atoms with E-state index >= 15 is 0 Å². The van der Waals surface area contributed by atoms with Crippen molar-refractivity contribution < 1.29 is 4.39 Å². The SMILES string of the molecule is Fc1ccc(N2Cc3ccccc3C=N2)cc1. The first kappa shape index (κ1) is 10.0. The van der Waals surface area contributed by atoms with Gasteiger partial charge in [0.25, 0.3) is 0 Å². The Bertz CT molecular complexity index is 561. The molecule has 0 unspecified atom stereocenters. The lowest BCUT2D eigenvalue weighted by Gasteiger charge is -2.23. The van der Waals surface area contributed by atoms with Crippen molar-refractivity contribution in [2.45, 2.75) is 6.54 Å². The summed E-state index contributed by atoms with van der Waals surface area (Å²) in [7, 11) is 0. The molecule has 2 nitrogen and oxygen atoms in total. The fourth-order valence-corrected chi connectivity index (χ4v) is 1.91. The summed E-state index contributed by atoms with van der Waals surface area (Å²) in [5.74, 6) is -0.227. The lowest BCUT2D eigenvalue weighted by atomic mass is 10.1. The number of hydrogen-bond acceptors (Lipinski definition) is 2. The normalized spacial score (nSPS) is 13.6. The molecule has 1 aliphatic heterocycles. The fraction of sp³-hybridized carbons (Fsp3) is 0.0714. The summed E-state index contributed by atoms with van der Waals surface area (Å²) in [5, 5.41) is 6.22. The lowest BCUT2D eigenvalue weighted by molar-refractivity contribution is 0.627. The first-order valence-electron chi connectivity index (χ1n) is 5.48. The summed E-state index contributed by atoms with van der Waals surface area (Å²) in [4.78, 5) is 0. The molecule has 0 spiro atoms. The molecule has 0 atom stereocenters. The van der Waals surface area contributed by atoms with E-state index in [1.54, 1.807) is 12.1 Å². The highest BCUT2D eigenvalue weighted by Crippen LogP contribution is 2.22. The van der Waals surface area contributed by atoms with Crippen LogP contribution in [-0.2, 0) is 6.54 Å². The Kier molecular flexibility index (Phi) is 2.37. The molecule has 0 aromatic heterocycles. The summed E-state index contributed by atoms with van der Waals surface area (Å²) in [6, 6.07) is 14.5. The molecule has 3 rings (SSSR count). The van der Waals surface area contributed by atoms with Crippen LogP contribution in [0.15, 0.2) is 53.6 Å². The topological polar surface area (TPSA) is 15.6 Å². The van der Waals surface area contributed by atoms with Crippen LogP contribution in [-0.4, -0.2) is 6.21 Å². The highest BCUT2D eigenvalue weighted by molar-refractivity contribution is 5.84. The molecule has 84 valence electrons. The summed E-state index contributed by atoms with van der Waals surface area (Å²) < 4.78 is 12.8. The minimum absolute atomic E-state index is 0.227. The number of benzene rings is 2. The Labute approximate surface area is 99.0 Å². The summed E-state index contributed by atoms with van der Waals surface area (Å²) in [6.45, 7) is 0.721. The minimum atomic E-state index is -0.227. The molecule has 0 saturated carbocycles. The lowest BCUT2D eigenvalue weighted by Crippen LogP contribution is -2.20. The van der Waals surface area contributed by atoms with Gasteiger partial charge in [-0.2, -0.15) is 5.10 Å². The average molecular weight is 226 g/mol. The monoisotopic (exact) mass is 226 g/mol. The van der Waals surface area contributed by atoms with Gasteiger partial charge in [-0.1, -0.05) is 24.3 Å². The third kappa shape index (κ3) is 1.91. The molecule has 0 aliphatic carbocycles. The smallest absolute Gasteiger partial charge is 0.123 e. The van der Waals surface area contributed by atoms with Crippen molar-refractivity contribution >= 4 is 11.9 Å². The number of hydrazone groups is 1. The second-order valence-electron chi connectivity index (χ2n) is 3.98. The molecule has 3 heteroatoms. The van der Waals surface area contributed by atoms with E-state index in [9.17, 15) is 4.39 Å². The maximum Gasteiger partial charge on any atom is 0.123 e. The molecular weight excluding hydrogens is 215 g/mol. The highest BCUT2D eigenvalue weighted by atomic mass is 19.1. The third-order valence-electron chi connectivity index (χ3n) is 2.84.